The first-order valence-corrected chi connectivity index (χ1v) is 9.90. The van der Waals surface area contributed by atoms with Gasteiger partial charge in [-0.25, -0.2) is 9.69 Å². The molecule has 0 saturated carbocycles. The van der Waals surface area contributed by atoms with E-state index in [1.165, 1.54) is 19.1 Å². The fourth-order valence-corrected chi connectivity index (χ4v) is 4.20. The Hall–Kier alpha value is -3.92. The van der Waals surface area contributed by atoms with E-state index in [0.717, 1.165) is 10.5 Å². The SMILES string of the molecule is COCN1C(=O)N[C@@](CN2Cc3ccc(OC)cc3C2=O)(c2cc3cnccc3o2)C1=O. The minimum Gasteiger partial charge on any atom is -0.497 e. The van der Waals surface area contributed by atoms with Crippen molar-refractivity contribution < 1.29 is 28.3 Å². The molecule has 0 bridgehead atoms. The zero-order valence-corrected chi connectivity index (χ0v) is 17.5. The van der Waals surface area contributed by atoms with Gasteiger partial charge in [-0.15, -0.1) is 0 Å². The maximum atomic E-state index is 13.5. The van der Waals surface area contributed by atoms with Gasteiger partial charge in [-0.05, 0) is 29.8 Å². The number of imide groups is 1. The van der Waals surface area contributed by atoms with Crippen molar-refractivity contribution in [2.24, 2.45) is 0 Å². The lowest BCUT2D eigenvalue weighted by atomic mass is 9.95. The van der Waals surface area contributed by atoms with E-state index in [0.29, 0.717) is 22.3 Å². The zero-order valence-electron chi connectivity index (χ0n) is 17.5. The number of aromatic nitrogens is 1. The van der Waals surface area contributed by atoms with Crippen LogP contribution in [0.3, 0.4) is 0 Å². The molecule has 1 fully saturated rings. The van der Waals surface area contributed by atoms with Crippen molar-refractivity contribution in [3.8, 4) is 5.75 Å². The van der Waals surface area contributed by atoms with Crippen molar-refractivity contribution in [1.82, 2.24) is 20.1 Å². The summed E-state index contributed by atoms with van der Waals surface area (Å²) in [5.41, 5.74) is 0.225. The first kappa shape index (κ1) is 20.0. The lowest BCUT2D eigenvalue weighted by Crippen LogP contribution is -2.52. The molecule has 1 saturated heterocycles. The van der Waals surface area contributed by atoms with E-state index in [4.69, 9.17) is 13.9 Å². The second-order valence-electron chi connectivity index (χ2n) is 7.69. The maximum Gasteiger partial charge on any atom is 0.327 e. The van der Waals surface area contributed by atoms with Crippen LogP contribution in [-0.4, -0.2) is 60.1 Å². The Kier molecular flexibility index (Phi) is 4.59. The highest BCUT2D eigenvalue weighted by atomic mass is 16.5. The lowest BCUT2D eigenvalue weighted by Gasteiger charge is -2.29. The minimum atomic E-state index is -1.60. The summed E-state index contributed by atoms with van der Waals surface area (Å²) in [6, 6.07) is 7.97. The highest BCUT2D eigenvalue weighted by Crippen LogP contribution is 2.36. The molecule has 2 aromatic heterocycles. The van der Waals surface area contributed by atoms with Crippen molar-refractivity contribution in [2.45, 2.75) is 12.1 Å². The average molecular weight is 436 g/mol. The van der Waals surface area contributed by atoms with Gasteiger partial charge in [0.25, 0.3) is 11.8 Å². The molecule has 2 aliphatic rings. The standard InChI is InChI=1S/C22H20N4O6/c1-30-12-26-20(28)22(24-21(26)29,18-7-14-9-23-6-5-17(14)32-18)11-25-10-13-3-4-15(31-2)8-16(13)19(25)27/h3-9H,10-12H2,1-2H3,(H,24,29)/t22-/m0/s1. The van der Waals surface area contributed by atoms with Gasteiger partial charge in [-0.3, -0.25) is 14.6 Å². The van der Waals surface area contributed by atoms with Gasteiger partial charge in [0.15, 0.2) is 5.54 Å². The summed E-state index contributed by atoms with van der Waals surface area (Å²) in [5, 5.41) is 3.43. The van der Waals surface area contributed by atoms with Gasteiger partial charge in [0.1, 0.15) is 23.8 Å². The van der Waals surface area contributed by atoms with E-state index >= 15 is 0 Å². The van der Waals surface area contributed by atoms with Gasteiger partial charge >= 0.3 is 6.03 Å². The number of carbonyl (C=O) groups is 3. The molecule has 32 heavy (non-hydrogen) atoms. The summed E-state index contributed by atoms with van der Waals surface area (Å²) in [4.78, 5) is 45.9. The number of carbonyl (C=O) groups excluding carboxylic acids is 3. The van der Waals surface area contributed by atoms with Crippen LogP contribution in [0.25, 0.3) is 11.0 Å². The third-order valence-electron chi connectivity index (χ3n) is 5.80. The number of furan rings is 1. The van der Waals surface area contributed by atoms with Crippen LogP contribution in [0.2, 0.25) is 0 Å². The van der Waals surface area contributed by atoms with Gasteiger partial charge in [-0.1, -0.05) is 6.07 Å². The Morgan fingerprint density at radius 1 is 1.19 bits per heavy atom. The van der Waals surface area contributed by atoms with Crippen molar-refractivity contribution in [2.75, 3.05) is 27.5 Å². The highest BCUT2D eigenvalue weighted by Gasteiger charge is 2.56. The predicted molar refractivity (Wildman–Crippen MR) is 111 cm³/mol. The molecule has 0 unspecified atom stereocenters. The monoisotopic (exact) mass is 436 g/mol. The molecule has 2 aliphatic heterocycles. The summed E-state index contributed by atoms with van der Waals surface area (Å²) in [6.45, 7) is -0.0461. The second-order valence-corrected chi connectivity index (χ2v) is 7.69. The maximum absolute atomic E-state index is 13.5. The van der Waals surface area contributed by atoms with Crippen LogP contribution in [0, 0.1) is 0 Å². The summed E-state index contributed by atoms with van der Waals surface area (Å²) in [7, 11) is 2.92. The Bertz CT molecular complexity index is 1220. The Labute approximate surface area is 182 Å². The van der Waals surface area contributed by atoms with Crippen LogP contribution in [0.5, 0.6) is 5.75 Å². The van der Waals surface area contributed by atoms with Crippen molar-refractivity contribution in [3.63, 3.8) is 0 Å². The Balaban J connectivity index is 1.56. The smallest absolute Gasteiger partial charge is 0.327 e. The van der Waals surface area contributed by atoms with Crippen LogP contribution < -0.4 is 10.1 Å². The number of methoxy groups -OCH3 is 2. The summed E-state index contributed by atoms with van der Waals surface area (Å²) >= 11 is 0. The van der Waals surface area contributed by atoms with E-state index in [-0.39, 0.29) is 31.5 Å². The van der Waals surface area contributed by atoms with Crippen LogP contribution >= 0.6 is 0 Å². The molecule has 1 N–H and O–H groups in total. The van der Waals surface area contributed by atoms with Crippen LogP contribution in [0.4, 0.5) is 4.79 Å². The molecular weight excluding hydrogens is 416 g/mol. The van der Waals surface area contributed by atoms with E-state index in [9.17, 15) is 14.4 Å². The summed E-state index contributed by atoms with van der Waals surface area (Å²) < 4.78 is 16.2. The molecule has 3 aromatic rings. The quantitative estimate of drug-likeness (QED) is 0.587. The predicted octanol–water partition coefficient (Wildman–Crippen LogP) is 1.84. The molecule has 164 valence electrons. The molecule has 1 aromatic carbocycles. The number of ether oxygens (including phenoxy) is 2. The molecule has 4 heterocycles. The normalized spacial score (nSPS) is 20.2. The summed E-state index contributed by atoms with van der Waals surface area (Å²) in [5.74, 6) is -0.0326. The summed E-state index contributed by atoms with van der Waals surface area (Å²) in [6.07, 6.45) is 3.18. The molecule has 0 spiro atoms. The second kappa shape index (κ2) is 7.34. The number of nitrogens with zero attached hydrogens (tertiary/aromatic N) is 3. The van der Waals surface area contributed by atoms with Gasteiger partial charge in [0.2, 0.25) is 0 Å². The molecule has 10 heteroatoms. The Morgan fingerprint density at radius 3 is 2.78 bits per heavy atom. The van der Waals surface area contributed by atoms with Gasteiger partial charge in [-0.2, -0.15) is 0 Å². The van der Waals surface area contributed by atoms with Crippen molar-refractivity contribution >= 4 is 28.8 Å². The minimum absolute atomic E-state index is 0.110. The molecule has 0 aliphatic carbocycles. The number of rotatable bonds is 6. The topological polar surface area (TPSA) is 114 Å². The third kappa shape index (κ3) is 2.91. The zero-order chi connectivity index (χ0) is 22.5. The van der Waals surface area contributed by atoms with Gasteiger partial charge < -0.3 is 24.1 Å². The first-order valence-electron chi connectivity index (χ1n) is 9.90. The molecule has 4 amide bonds. The molecule has 10 nitrogen and oxygen atoms in total. The van der Waals surface area contributed by atoms with Gasteiger partial charge in [0, 0.05) is 37.0 Å². The molecule has 1 atom stereocenters. The number of fused-ring (bicyclic) bond motifs is 2. The number of amides is 4. The van der Waals surface area contributed by atoms with Crippen LogP contribution in [0.15, 0.2) is 47.1 Å². The van der Waals surface area contributed by atoms with Crippen LogP contribution in [0.1, 0.15) is 21.7 Å². The van der Waals surface area contributed by atoms with Crippen LogP contribution in [-0.2, 0) is 21.6 Å². The number of hydrogen-bond donors (Lipinski definition) is 1. The largest absolute Gasteiger partial charge is 0.497 e. The van der Waals surface area contributed by atoms with Gasteiger partial charge in [0.05, 0.1) is 13.7 Å². The van der Waals surface area contributed by atoms with E-state index in [1.807, 2.05) is 6.07 Å². The fourth-order valence-electron chi connectivity index (χ4n) is 4.20. The molecule has 0 radical (unpaired) electrons. The first-order chi connectivity index (χ1) is 15.5. The average Bonchev–Trinajstić information content (AvgIpc) is 3.44. The van der Waals surface area contributed by atoms with E-state index < -0.39 is 17.5 Å². The van der Waals surface area contributed by atoms with Crippen molar-refractivity contribution in [1.29, 1.82) is 0 Å². The number of benzene rings is 1. The van der Waals surface area contributed by atoms with E-state index in [1.54, 1.807) is 36.7 Å². The Morgan fingerprint density at radius 2 is 2.03 bits per heavy atom. The van der Waals surface area contributed by atoms with Crippen molar-refractivity contribution in [3.05, 3.63) is 59.6 Å². The fraction of sp³-hybridized carbons (Fsp3) is 0.273. The number of pyridine rings is 1. The van der Waals surface area contributed by atoms with E-state index in [2.05, 4.69) is 10.3 Å². The highest BCUT2D eigenvalue weighted by molar-refractivity contribution is 6.08. The molecule has 5 rings (SSSR count). The number of urea groups is 1. The third-order valence-corrected chi connectivity index (χ3v) is 5.80. The number of hydrogen-bond acceptors (Lipinski definition) is 7. The number of nitrogens with one attached hydrogen (secondary N) is 1. The lowest BCUT2D eigenvalue weighted by molar-refractivity contribution is -0.135. The molecular formula is C22H20N4O6.